The van der Waals surface area contributed by atoms with Gasteiger partial charge >= 0.3 is 6.18 Å². The van der Waals surface area contributed by atoms with Crippen LogP contribution in [0.1, 0.15) is 11.1 Å². The second kappa shape index (κ2) is 7.43. The van der Waals surface area contributed by atoms with Crippen LogP contribution >= 0.6 is 11.8 Å². The van der Waals surface area contributed by atoms with E-state index < -0.39 is 28.7 Å². The minimum absolute atomic E-state index is 0.0379. The maximum absolute atomic E-state index is 13.7. The zero-order valence-corrected chi connectivity index (χ0v) is 14.4. The Kier molecular flexibility index (Phi) is 5.22. The van der Waals surface area contributed by atoms with Crippen LogP contribution in [-0.4, -0.2) is 22.7 Å². The van der Waals surface area contributed by atoms with Gasteiger partial charge in [0.05, 0.1) is 17.1 Å². The van der Waals surface area contributed by atoms with Crippen molar-refractivity contribution in [2.24, 2.45) is 0 Å². The van der Waals surface area contributed by atoms with Gasteiger partial charge in [-0.15, -0.1) is 0 Å². The van der Waals surface area contributed by atoms with E-state index in [0.29, 0.717) is 11.8 Å². The summed E-state index contributed by atoms with van der Waals surface area (Å²) >= 11 is 0.640. The van der Waals surface area contributed by atoms with Crippen LogP contribution in [-0.2, 0) is 11.0 Å². The van der Waals surface area contributed by atoms with E-state index in [1.54, 1.807) is 6.07 Å². The number of alkyl halides is 3. The molecule has 0 spiro atoms. The van der Waals surface area contributed by atoms with Crippen molar-refractivity contribution >= 4 is 34.7 Å². The lowest BCUT2D eigenvalue weighted by Crippen LogP contribution is -2.33. The van der Waals surface area contributed by atoms with E-state index in [1.807, 2.05) is 0 Å². The number of nitrogens with one attached hydrogen (secondary N) is 1. The highest BCUT2D eigenvalue weighted by molar-refractivity contribution is 8.18. The number of rotatable bonds is 4. The molecule has 1 aliphatic rings. The van der Waals surface area contributed by atoms with Crippen LogP contribution in [0.3, 0.4) is 0 Å². The summed E-state index contributed by atoms with van der Waals surface area (Å²) in [5, 5.41) is 2.03. The summed E-state index contributed by atoms with van der Waals surface area (Å²) in [6.45, 7) is -0.305. The number of benzene rings is 2. The van der Waals surface area contributed by atoms with Crippen LogP contribution in [0.2, 0.25) is 0 Å². The molecule has 1 N–H and O–H groups in total. The molecule has 140 valence electrons. The van der Waals surface area contributed by atoms with Gasteiger partial charge in [-0.3, -0.25) is 14.5 Å². The average Bonchev–Trinajstić information content (AvgIpc) is 2.88. The maximum atomic E-state index is 13.7. The Labute approximate surface area is 155 Å². The fourth-order valence-electron chi connectivity index (χ4n) is 2.35. The van der Waals surface area contributed by atoms with Gasteiger partial charge in [-0.25, -0.2) is 4.39 Å². The summed E-state index contributed by atoms with van der Waals surface area (Å²) in [5.74, 6) is -1.18. The van der Waals surface area contributed by atoms with E-state index in [-0.39, 0.29) is 22.8 Å². The Hall–Kier alpha value is -2.81. The van der Waals surface area contributed by atoms with E-state index in [1.165, 1.54) is 36.4 Å². The van der Waals surface area contributed by atoms with Gasteiger partial charge in [0, 0.05) is 11.3 Å². The third-order valence-electron chi connectivity index (χ3n) is 3.70. The number of amides is 2. The first-order valence-corrected chi connectivity index (χ1v) is 8.48. The summed E-state index contributed by atoms with van der Waals surface area (Å²) in [6, 6.07) is 10.2. The molecule has 1 heterocycles. The van der Waals surface area contributed by atoms with Gasteiger partial charge in [0.25, 0.3) is 11.1 Å². The number of carbonyl (C=O) groups is 2. The monoisotopic (exact) mass is 396 g/mol. The number of thioether (sulfide) groups is 1. The fourth-order valence-corrected chi connectivity index (χ4v) is 3.17. The Morgan fingerprint density at radius 1 is 1.07 bits per heavy atom. The summed E-state index contributed by atoms with van der Waals surface area (Å²) in [6.07, 6.45) is -3.23. The molecule has 1 saturated heterocycles. The molecular weight excluding hydrogens is 384 g/mol. The number of carbonyl (C=O) groups excluding carboxylic acids is 2. The summed E-state index contributed by atoms with van der Waals surface area (Å²) < 4.78 is 51.9. The zero-order valence-electron chi connectivity index (χ0n) is 13.6. The second-order valence-corrected chi connectivity index (χ2v) is 6.54. The molecule has 0 aromatic heterocycles. The lowest BCUT2D eigenvalue weighted by Gasteiger charge is -2.15. The first-order chi connectivity index (χ1) is 12.8. The summed E-state index contributed by atoms with van der Waals surface area (Å²) in [4.78, 5) is 25.3. The average molecular weight is 396 g/mol. The van der Waals surface area contributed by atoms with E-state index in [0.717, 1.165) is 17.0 Å². The minimum Gasteiger partial charge on any atom is -0.367 e. The molecule has 0 aliphatic carbocycles. The van der Waals surface area contributed by atoms with Gasteiger partial charge in [0.1, 0.15) is 5.82 Å². The van der Waals surface area contributed by atoms with Gasteiger partial charge in [-0.1, -0.05) is 24.3 Å². The normalized spacial score (nSPS) is 16.3. The van der Waals surface area contributed by atoms with Crippen LogP contribution in [0.25, 0.3) is 6.08 Å². The molecule has 0 unspecified atom stereocenters. The molecule has 2 amide bonds. The van der Waals surface area contributed by atoms with Crippen molar-refractivity contribution < 1.29 is 27.2 Å². The van der Waals surface area contributed by atoms with Crippen LogP contribution in [0.4, 0.5) is 28.0 Å². The van der Waals surface area contributed by atoms with Gasteiger partial charge < -0.3 is 5.32 Å². The standard InChI is InChI=1S/C18H12F4N2O2S/c19-14-7-2-1-4-11(14)8-15-16(25)24(17(26)27-15)10-23-13-6-3-5-12(9-13)18(20,21)22/h1-9,23H,10H2/b15-8+. The maximum Gasteiger partial charge on any atom is 0.416 e. The molecule has 0 saturated carbocycles. The SMILES string of the molecule is O=C1S/C(=C/c2ccccc2F)C(=O)N1CNc1cccc(C(F)(F)F)c1. The Balaban J connectivity index is 1.73. The van der Waals surface area contributed by atoms with E-state index >= 15 is 0 Å². The molecule has 0 bridgehead atoms. The molecular formula is C18H12F4N2O2S. The Bertz CT molecular complexity index is 928. The molecule has 2 aromatic carbocycles. The van der Waals surface area contributed by atoms with Crippen molar-refractivity contribution in [2.45, 2.75) is 6.18 Å². The first kappa shape index (κ1) is 19.0. The largest absolute Gasteiger partial charge is 0.416 e. The molecule has 9 heteroatoms. The van der Waals surface area contributed by atoms with E-state index in [9.17, 15) is 27.2 Å². The van der Waals surface area contributed by atoms with E-state index in [2.05, 4.69) is 5.32 Å². The highest BCUT2D eigenvalue weighted by Gasteiger charge is 2.35. The number of hydrogen-bond donors (Lipinski definition) is 1. The Morgan fingerprint density at radius 2 is 1.81 bits per heavy atom. The van der Waals surface area contributed by atoms with Crippen molar-refractivity contribution in [1.82, 2.24) is 4.90 Å². The highest BCUT2D eigenvalue weighted by atomic mass is 32.2. The van der Waals surface area contributed by atoms with E-state index in [4.69, 9.17) is 0 Å². The summed E-state index contributed by atoms with van der Waals surface area (Å²) in [5.41, 5.74) is -0.572. The van der Waals surface area contributed by atoms with Crippen LogP contribution < -0.4 is 5.32 Å². The van der Waals surface area contributed by atoms with Gasteiger partial charge in [-0.05, 0) is 42.1 Å². The third-order valence-corrected chi connectivity index (χ3v) is 4.60. The molecule has 3 rings (SSSR count). The van der Waals surface area contributed by atoms with Crippen molar-refractivity contribution in [3.63, 3.8) is 0 Å². The second-order valence-electron chi connectivity index (χ2n) is 5.54. The van der Waals surface area contributed by atoms with Gasteiger partial charge in [-0.2, -0.15) is 13.2 Å². The van der Waals surface area contributed by atoms with Crippen LogP contribution in [0.5, 0.6) is 0 Å². The smallest absolute Gasteiger partial charge is 0.367 e. The predicted octanol–water partition coefficient (Wildman–Crippen LogP) is 4.95. The number of halogens is 4. The number of hydrogen-bond acceptors (Lipinski definition) is 4. The molecule has 0 radical (unpaired) electrons. The molecule has 4 nitrogen and oxygen atoms in total. The topological polar surface area (TPSA) is 49.4 Å². The molecule has 1 fully saturated rings. The summed E-state index contributed by atoms with van der Waals surface area (Å²) in [7, 11) is 0. The van der Waals surface area contributed by atoms with Gasteiger partial charge in [0.2, 0.25) is 0 Å². The molecule has 1 aliphatic heterocycles. The van der Waals surface area contributed by atoms with Crippen LogP contribution in [0, 0.1) is 5.82 Å². The quantitative estimate of drug-likeness (QED) is 0.587. The lowest BCUT2D eigenvalue weighted by atomic mass is 10.2. The van der Waals surface area contributed by atoms with Crippen molar-refractivity contribution in [3.05, 3.63) is 70.4 Å². The minimum atomic E-state index is -4.50. The third kappa shape index (κ3) is 4.30. The number of nitrogens with zero attached hydrogens (tertiary/aromatic N) is 1. The van der Waals surface area contributed by atoms with Crippen molar-refractivity contribution in [2.75, 3.05) is 12.0 Å². The predicted molar refractivity (Wildman–Crippen MR) is 94.1 cm³/mol. The molecule has 27 heavy (non-hydrogen) atoms. The lowest BCUT2D eigenvalue weighted by molar-refractivity contribution is -0.137. The zero-order chi connectivity index (χ0) is 19.6. The number of anilines is 1. The highest BCUT2D eigenvalue weighted by Crippen LogP contribution is 2.33. The first-order valence-electron chi connectivity index (χ1n) is 7.67. The molecule has 2 aromatic rings. The fraction of sp³-hybridized carbons (Fsp3) is 0.111. The van der Waals surface area contributed by atoms with Crippen molar-refractivity contribution in [1.29, 1.82) is 0 Å². The van der Waals surface area contributed by atoms with Crippen molar-refractivity contribution in [3.8, 4) is 0 Å². The Morgan fingerprint density at radius 3 is 2.52 bits per heavy atom. The number of imide groups is 1. The van der Waals surface area contributed by atoms with Gasteiger partial charge in [0.15, 0.2) is 0 Å². The van der Waals surface area contributed by atoms with Crippen LogP contribution in [0.15, 0.2) is 53.4 Å². The molecule has 0 atom stereocenters.